The fraction of sp³-hybridized carbons (Fsp3) is 0.500. The molecule has 5 heteroatoms. The van der Waals surface area contributed by atoms with Crippen LogP contribution in [-0.2, 0) is 9.53 Å². The highest BCUT2D eigenvalue weighted by atomic mass is 35.5. The van der Waals surface area contributed by atoms with Crippen LogP contribution in [0.2, 0.25) is 4.34 Å². The minimum absolute atomic E-state index is 0.106. The number of nitrogens with one attached hydrogen (secondary N) is 1. The van der Waals surface area contributed by atoms with Crippen LogP contribution in [-0.4, -0.2) is 19.6 Å². The monoisotopic (exact) mass is 299 g/mol. The molecule has 3 nitrogen and oxygen atoms in total. The molecule has 0 fully saturated rings. The van der Waals surface area contributed by atoms with Crippen LogP contribution in [0.25, 0.3) is 0 Å². The molecular weight excluding hydrogens is 282 g/mol. The summed E-state index contributed by atoms with van der Waals surface area (Å²) in [6, 6.07) is 3.79. The van der Waals surface area contributed by atoms with Crippen molar-refractivity contribution in [2.75, 3.05) is 13.7 Å². The van der Waals surface area contributed by atoms with E-state index in [4.69, 9.17) is 16.3 Å². The molecule has 1 heterocycles. The first kappa shape index (κ1) is 14.6. The number of halogens is 1. The molecule has 0 radical (unpaired) electrons. The number of methoxy groups -OCH3 is 1. The van der Waals surface area contributed by atoms with Crippen molar-refractivity contribution >= 4 is 28.8 Å². The Balaban J connectivity index is 1.86. The molecule has 0 aliphatic heterocycles. The maximum absolute atomic E-state index is 12.0. The SMILES string of the molecule is CO[C@H](CNC(=O)[C@@H]1CC=CCC1)c1ccc(Cl)s1. The van der Waals surface area contributed by atoms with Crippen molar-refractivity contribution in [1.29, 1.82) is 0 Å². The molecule has 0 bridgehead atoms. The zero-order chi connectivity index (χ0) is 13.7. The molecule has 1 aliphatic rings. The second-order valence-electron chi connectivity index (χ2n) is 4.59. The topological polar surface area (TPSA) is 38.3 Å². The summed E-state index contributed by atoms with van der Waals surface area (Å²) in [6.07, 6.45) is 6.86. The van der Waals surface area contributed by atoms with Gasteiger partial charge in [-0.25, -0.2) is 0 Å². The van der Waals surface area contributed by atoms with Crippen LogP contribution in [0.4, 0.5) is 0 Å². The van der Waals surface area contributed by atoms with Gasteiger partial charge in [0, 0.05) is 24.4 Å². The Hall–Kier alpha value is -0.840. The number of ether oxygens (including phenoxy) is 1. The van der Waals surface area contributed by atoms with Crippen molar-refractivity contribution in [2.24, 2.45) is 5.92 Å². The van der Waals surface area contributed by atoms with Gasteiger partial charge in [-0.3, -0.25) is 4.79 Å². The van der Waals surface area contributed by atoms with E-state index < -0.39 is 0 Å². The molecular formula is C14H18ClNO2S. The summed E-state index contributed by atoms with van der Waals surface area (Å²) in [4.78, 5) is 13.1. The normalized spacial score (nSPS) is 20.2. The molecule has 0 saturated heterocycles. The van der Waals surface area contributed by atoms with Crippen molar-refractivity contribution in [3.05, 3.63) is 33.5 Å². The first-order valence-corrected chi connectivity index (χ1v) is 7.61. The van der Waals surface area contributed by atoms with Crippen LogP contribution in [0.5, 0.6) is 0 Å². The van der Waals surface area contributed by atoms with Crippen molar-refractivity contribution < 1.29 is 9.53 Å². The Bertz CT molecular complexity index is 458. The van der Waals surface area contributed by atoms with E-state index in [2.05, 4.69) is 17.5 Å². The number of thiophene rings is 1. The average Bonchev–Trinajstić information content (AvgIpc) is 2.87. The second kappa shape index (κ2) is 7.08. The van der Waals surface area contributed by atoms with E-state index in [0.717, 1.165) is 28.5 Å². The first-order chi connectivity index (χ1) is 9.20. The molecule has 1 aromatic rings. The van der Waals surface area contributed by atoms with Crippen molar-refractivity contribution in [1.82, 2.24) is 5.32 Å². The van der Waals surface area contributed by atoms with Crippen LogP contribution in [0.15, 0.2) is 24.3 Å². The van der Waals surface area contributed by atoms with Gasteiger partial charge in [0.25, 0.3) is 0 Å². The van der Waals surface area contributed by atoms with Gasteiger partial charge in [0.05, 0.1) is 4.34 Å². The fourth-order valence-corrected chi connectivity index (χ4v) is 3.31. The maximum atomic E-state index is 12.0. The predicted octanol–water partition coefficient (Wildman–Crippen LogP) is 3.56. The molecule has 0 unspecified atom stereocenters. The number of amides is 1. The van der Waals surface area contributed by atoms with Crippen LogP contribution >= 0.6 is 22.9 Å². The Morgan fingerprint density at radius 1 is 1.58 bits per heavy atom. The van der Waals surface area contributed by atoms with Gasteiger partial charge in [0.2, 0.25) is 5.91 Å². The van der Waals surface area contributed by atoms with E-state index in [-0.39, 0.29) is 17.9 Å². The number of allylic oxidation sites excluding steroid dienone is 2. The Morgan fingerprint density at radius 2 is 2.42 bits per heavy atom. The van der Waals surface area contributed by atoms with Gasteiger partial charge < -0.3 is 10.1 Å². The lowest BCUT2D eigenvalue weighted by molar-refractivity contribution is -0.125. The Labute approximate surface area is 122 Å². The zero-order valence-electron chi connectivity index (χ0n) is 10.9. The molecule has 0 saturated carbocycles. The summed E-state index contributed by atoms with van der Waals surface area (Å²) in [5, 5.41) is 2.98. The number of hydrogen-bond acceptors (Lipinski definition) is 3. The summed E-state index contributed by atoms with van der Waals surface area (Å²) in [7, 11) is 1.65. The Morgan fingerprint density at radius 3 is 3.00 bits per heavy atom. The van der Waals surface area contributed by atoms with Gasteiger partial charge in [-0.05, 0) is 31.4 Å². The minimum Gasteiger partial charge on any atom is -0.374 e. The van der Waals surface area contributed by atoms with E-state index in [1.54, 1.807) is 7.11 Å². The van der Waals surface area contributed by atoms with E-state index in [1.165, 1.54) is 11.3 Å². The number of carbonyl (C=O) groups excluding carboxylic acids is 1. The van der Waals surface area contributed by atoms with E-state index in [0.29, 0.717) is 6.54 Å². The van der Waals surface area contributed by atoms with E-state index in [9.17, 15) is 4.79 Å². The van der Waals surface area contributed by atoms with E-state index >= 15 is 0 Å². The molecule has 19 heavy (non-hydrogen) atoms. The second-order valence-corrected chi connectivity index (χ2v) is 6.34. The highest BCUT2D eigenvalue weighted by Crippen LogP contribution is 2.28. The van der Waals surface area contributed by atoms with Crippen LogP contribution in [0.3, 0.4) is 0 Å². The van der Waals surface area contributed by atoms with Gasteiger partial charge in [-0.2, -0.15) is 0 Å². The lowest BCUT2D eigenvalue weighted by Gasteiger charge is -2.20. The number of carbonyl (C=O) groups is 1. The number of hydrogen-bond donors (Lipinski definition) is 1. The summed E-state index contributed by atoms with van der Waals surface area (Å²) in [5.74, 6) is 0.225. The highest BCUT2D eigenvalue weighted by molar-refractivity contribution is 7.16. The smallest absolute Gasteiger partial charge is 0.223 e. The summed E-state index contributed by atoms with van der Waals surface area (Å²) < 4.78 is 6.15. The lowest BCUT2D eigenvalue weighted by atomic mass is 9.93. The van der Waals surface area contributed by atoms with Gasteiger partial charge in [-0.15, -0.1) is 11.3 Å². The highest BCUT2D eigenvalue weighted by Gasteiger charge is 2.20. The maximum Gasteiger partial charge on any atom is 0.223 e. The summed E-state index contributed by atoms with van der Waals surface area (Å²) in [6.45, 7) is 0.492. The van der Waals surface area contributed by atoms with Gasteiger partial charge in [0.15, 0.2) is 0 Å². The minimum atomic E-state index is -0.124. The molecule has 0 aromatic carbocycles. The summed E-state index contributed by atoms with van der Waals surface area (Å²) in [5.41, 5.74) is 0. The molecule has 2 rings (SSSR count). The first-order valence-electron chi connectivity index (χ1n) is 6.41. The van der Waals surface area contributed by atoms with Gasteiger partial charge in [0.1, 0.15) is 6.10 Å². The predicted molar refractivity (Wildman–Crippen MR) is 78.6 cm³/mol. The van der Waals surface area contributed by atoms with Gasteiger partial charge in [-0.1, -0.05) is 23.8 Å². The number of rotatable bonds is 5. The third-order valence-electron chi connectivity index (χ3n) is 3.30. The van der Waals surface area contributed by atoms with Crippen molar-refractivity contribution in [2.45, 2.75) is 25.4 Å². The van der Waals surface area contributed by atoms with Crippen LogP contribution in [0, 0.1) is 5.92 Å². The molecule has 1 aromatic heterocycles. The van der Waals surface area contributed by atoms with Crippen molar-refractivity contribution in [3.63, 3.8) is 0 Å². The zero-order valence-corrected chi connectivity index (χ0v) is 12.5. The molecule has 104 valence electrons. The van der Waals surface area contributed by atoms with Crippen molar-refractivity contribution in [3.8, 4) is 0 Å². The molecule has 1 aliphatic carbocycles. The van der Waals surface area contributed by atoms with Crippen LogP contribution in [0.1, 0.15) is 30.2 Å². The third-order valence-corrected chi connectivity index (χ3v) is 4.62. The summed E-state index contributed by atoms with van der Waals surface area (Å²) >= 11 is 7.40. The quantitative estimate of drug-likeness (QED) is 0.844. The largest absolute Gasteiger partial charge is 0.374 e. The van der Waals surface area contributed by atoms with E-state index in [1.807, 2.05) is 12.1 Å². The molecule has 0 spiro atoms. The van der Waals surface area contributed by atoms with Crippen LogP contribution < -0.4 is 5.32 Å². The lowest BCUT2D eigenvalue weighted by Crippen LogP contribution is -2.34. The molecule has 1 N–H and O–H groups in total. The molecule has 1 amide bonds. The Kier molecular flexibility index (Phi) is 5.43. The third kappa shape index (κ3) is 4.06. The van der Waals surface area contributed by atoms with Gasteiger partial charge >= 0.3 is 0 Å². The molecule has 2 atom stereocenters. The fourth-order valence-electron chi connectivity index (χ4n) is 2.17. The average molecular weight is 300 g/mol. The standard InChI is InChI=1S/C14H18ClNO2S/c1-18-11(12-7-8-13(15)19-12)9-16-14(17)10-5-3-2-4-6-10/h2-3,7-8,10-11H,4-6,9H2,1H3,(H,16,17)/t10-,11-/m1/s1.